The molecule has 2 rings (SSSR count). The Kier molecular flexibility index (Phi) is 3.97. The van der Waals surface area contributed by atoms with Crippen molar-refractivity contribution in [3.8, 4) is 5.75 Å². The van der Waals surface area contributed by atoms with Gasteiger partial charge in [-0.3, -0.25) is 4.79 Å². The van der Waals surface area contributed by atoms with Gasteiger partial charge in [0.15, 0.2) is 0 Å². The van der Waals surface area contributed by atoms with Crippen molar-refractivity contribution >= 4 is 11.9 Å². The normalized spacial score (nSPS) is 18.2. The van der Waals surface area contributed by atoms with Crippen molar-refractivity contribution in [2.45, 2.75) is 33.4 Å². The van der Waals surface area contributed by atoms with E-state index in [0.29, 0.717) is 18.9 Å². The Hall–Kier alpha value is -2.04. The summed E-state index contributed by atoms with van der Waals surface area (Å²) in [7, 11) is 0. The number of nitrogens with zero attached hydrogens (tertiary/aromatic N) is 1. The fourth-order valence-electron chi connectivity index (χ4n) is 2.42. The summed E-state index contributed by atoms with van der Waals surface area (Å²) in [5.41, 5.74) is 1.04. The molecule has 0 saturated heterocycles. The van der Waals surface area contributed by atoms with E-state index in [1.807, 2.05) is 13.8 Å². The minimum atomic E-state index is -0.982. The van der Waals surface area contributed by atoms with Crippen LogP contribution in [0.3, 0.4) is 0 Å². The molecular formula is C15H19NO4. The van der Waals surface area contributed by atoms with Gasteiger partial charge in [-0.25, -0.2) is 4.79 Å². The minimum absolute atomic E-state index is 0.00228. The number of amides is 1. The summed E-state index contributed by atoms with van der Waals surface area (Å²) in [4.78, 5) is 24.6. The fraction of sp³-hybridized carbons (Fsp3) is 0.467. The maximum atomic E-state index is 11.8. The number of aromatic carboxylic acids is 1. The number of carboxylic acids is 1. The summed E-state index contributed by atoms with van der Waals surface area (Å²) in [6, 6.07) is 4.78. The molecule has 1 aromatic carbocycles. The largest absolute Gasteiger partial charge is 0.491 e. The van der Waals surface area contributed by atoms with Crippen molar-refractivity contribution in [1.29, 1.82) is 0 Å². The van der Waals surface area contributed by atoms with Crippen LogP contribution in [-0.4, -0.2) is 34.5 Å². The smallest absolute Gasteiger partial charge is 0.335 e. The Bertz CT molecular complexity index is 539. The van der Waals surface area contributed by atoms with Crippen LogP contribution in [0.1, 0.15) is 36.7 Å². The second-order valence-electron chi connectivity index (χ2n) is 5.40. The summed E-state index contributed by atoms with van der Waals surface area (Å²) in [6.45, 7) is 6.47. The summed E-state index contributed by atoms with van der Waals surface area (Å²) < 4.78 is 5.74. The fourth-order valence-corrected chi connectivity index (χ4v) is 2.42. The standard InChI is InChI=1S/C15H19NO4/c1-9(2)13-8-20-14-6-11(15(18)19)4-5-12(14)7-16(13)10(3)17/h4-6,9,13H,7-8H2,1-3H3,(H,18,19)/t13-/m0/s1. The van der Waals surface area contributed by atoms with E-state index in [9.17, 15) is 9.59 Å². The molecule has 1 heterocycles. The van der Waals surface area contributed by atoms with E-state index < -0.39 is 5.97 Å². The van der Waals surface area contributed by atoms with Crippen LogP contribution < -0.4 is 4.74 Å². The number of ether oxygens (including phenoxy) is 1. The zero-order chi connectivity index (χ0) is 14.9. The van der Waals surface area contributed by atoms with Crippen LogP contribution in [0, 0.1) is 5.92 Å². The molecule has 0 aliphatic carbocycles. The van der Waals surface area contributed by atoms with Gasteiger partial charge in [0.05, 0.1) is 11.6 Å². The highest BCUT2D eigenvalue weighted by molar-refractivity contribution is 5.88. The van der Waals surface area contributed by atoms with Crippen molar-refractivity contribution in [3.05, 3.63) is 29.3 Å². The van der Waals surface area contributed by atoms with Gasteiger partial charge in [0.2, 0.25) is 5.91 Å². The van der Waals surface area contributed by atoms with Gasteiger partial charge < -0.3 is 14.7 Å². The third kappa shape index (κ3) is 2.76. The second-order valence-corrected chi connectivity index (χ2v) is 5.40. The number of hydrogen-bond donors (Lipinski definition) is 1. The quantitative estimate of drug-likeness (QED) is 0.899. The van der Waals surface area contributed by atoms with Crippen LogP contribution in [0.15, 0.2) is 18.2 Å². The molecule has 20 heavy (non-hydrogen) atoms. The third-order valence-electron chi connectivity index (χ3n) is 3.64. The van der Waals surface area contributed by atoms with Crippen LogP contribution >= 0.6 is 0 Å². The lowest BCUT2D eigenvalue weighted by Gasteiger charge is -2.31. The van der Waals surface area contributed by atoms with Crippen molar-refractivity contribution in [2.75, 3.05) is 6.61 Å². The lowest BCUT2D eigenvalue weighted by Crippen LogP contribution is -2.43. The number of benzene rings is 1. The molecule has 5 nitrogen and oxygen atoms in total. The summed E-state index contributed by atoms with van der Waals surface area (Å²) in [5, 5.41) is 9.02. The topological polar surface area (TPSA) is 66.8 Å². The van der Waals surface area contributed by atoms with Crippen LogP contribution in [0.25, 0.3) is 0 Å². The zero-order valence-corrected chi connectivity index (χ0v) is 11.9. The van der Waals surface area contributed by atoms with E-state index in [0.717, 1.165) is 5.56 Å². The van der Waals surface area contributed by atoms with Crippen molar-refractivity contribution in [2.24, 2.45) is 5.92 Å². The molecule has 0 bridgehead atoms. The minimum Gasteiger partial charge on any atom is -0.491 e. The molecule has 0 unspecified atom stereocenters. The van der Waals surface area contributed by atoms with E-state index in [1.165, 1.54) is 6.07 Å². The first kappa shape index (κ1) is 14.4. The molecule has 0 fully saturated rings. The Morgan fingerprint density at radius 2 is 2.10 bits per heavy atom. The molecule has 0 saturated carbocycles. The van der Waals surface area contributed by atoms with Crippen LogP contribution in [0.5, 0.6) is 5.75 Å². The lowest BCUT2D eigenvalue weighted by molar-refractivity contribution is -0.133. The molecule has 5 heteroatoms. The van der Waals surface area contributed by atoms with Crippen molar-refractivity contribution in [1.82, 2.24) is 4.90 Å². The zero-order valence-electron chi connectivity index (χ0n) is 11.9. The van der Waals surface area contributed by atoms with Crippen LogP contribution in [0.4, 0.5) is 0 Å². The summed E-state index contributed by atoms with van der Waals surface area (Å²) in [6.07, 6.45) is 0. The van der Waals surface area contributed by atoms with Gasteiger partial charge >= 0.3 is 5.97 Å². The molecule has 1 atom stereocenters. The predicted molar refractivity (Wildman–Crippen MR) is 73.7 cm³/mol. The van der Waals surface area contributed by atoms with Gasteiger partial charge in [-0.15, -0.1) is 0 Å². The van der Waals surface area contributed by atoms with E-state index in [4.69, 9.17) is 9.84 Å². The molecule has 1 aliphatic rings. The number of fused-ring (bicyclic) bond motifs is 1. The maximum Gasteiger partial charge on any atom is 0.335 e. The molecule has 0 radical (unpaired) electrons. The molecule has 1 aliphatic heterocycles. The monoisotopic (exact) mass is 277 g/mol. The maximum absolute atomic E-state index is 11.8. The lowest BCUT2D eigenvalue weighted by atomic mass is 10.0. The summed E-state index contributed by atoms with van der Waals surface area (Å²) >= 11 is 0. The van der Waals surface area contributed by atoms with Crippen molar-refractivity contribution < 1.29 is 19.4 Å². The number of hydrogen-bond acceptors (Lipinski definition) is 3. The highest BCUT2D eigenvalue weighted by Gasteiger charge is 2.29. The van der Waals surface area contributed by atoms with E-state index in [2.05, 4.69) is 0 Å². The van der Waals surface area contributed by atoms with Gasteiger partial charge in [0.1, 0.15) is 12.4 Å². The number of rotatable bonds is 2. The molecule has 1 N–H and O–H groups in total. The Morgan fingerprint density at radius 1 is 1.40 bits per heavy atom. The second kappa shape index (κ2) is 5.53. The van der Waals surface area contributed by atoms with Gasteiger partial charge in [0.25, 0.3) is 0 Å². The van der Waals surface area contributed by atoms with Gasteiger partial charge in [-0.2, -0.15) is 0 Å². The predicted octanol–water partition coefficient (Wildman–Crippen LogP) is 2.15. The van der Waals surface area contributed by atoms with Gasteiger partial charge in [0, 0.05) is 19.0 Å². The number of carbonyl (C=O) groups is 2. The molecule has 108 valence electrons. The first-order valence-electron chi connectivity index (χ1n) is 6.66. The van der Waals surface area contributed by atoms with E-state index >= 15 is 0 Å². The van der Waals surface area contributed by atoms with Crippen LogP contribution in [-0.2, 0) is 11.3 Å². The van der Waals surface area contributed by atoms with E-state index in [1.54, 1.807) is 24.0 Å². The van der Waals surface area contributed by atoms with E-state index in [-0.39, 0.29) is 23.4 Å². The molecule has 1 aromatic rings. The summed E-state index contributed by atoms with van der Waals surface area (Å²) in [5.74, 6) is -0.154. The van der Waals surface area contributed by atoms with Gasteiger partial charge in [-0.1, -0.05) is 19.9 Å². The first-order chi connectivity index (χ1) is 9.40. The molecule has 0 aromatic heterocycles. The Labute approximate surface area is 118 Å². The molecule has 1 amide bonds. The SMILES string of the molecule is CC(=O)N1Cc2ccc(C(=O)O)cc2OC[C@H]1C(C)C. The van der Waals surface area contributed by atoms with Crippen LogP contribution in [0.2, 0.25) is 0 Å². The highest BCUT2D eigenvalue weighted by atomic mass is 16.5. The van der Waals surface area contributed by atoms with Gasteiger partial charge in [-0.05, 0) is 18.1 Å². The average Bonchev–Trinajstić information content (AvgIpc) is 2.56. The third-order valence-corrected chi connectivity index (χ3v) is 3.64. The Morgan fingerprint density at radius 3 is 2.65 bits per heavy atom. The molecule has 0 spiro atoms. The Balaban J connectivity index is 2.37. The van der Waals surface area contributed by atoms with Crippen molar-refractivity contribution in [3.63, 3.8) is 0 Å². The first-order valence-corrected chi connectivity index (χ1v) is 6.66. The highest BCUT2D eigenvalue weighted by Crippen LogP contribution is 2.28. The average molecular weight is 277 g/mol. The number of carboxylic acid groups (broad SMARTS) is 1. The molecular weight excluding hydrogens is 258 g/mol. The number of carbonyl (C=O) groups excluding carboxylic acids is 1.